The van der Waals surface area contributed by atoms with Crippen molar-refractivity contribution in [2.24, 2.45) is 23.7 Å². The molecule has 0 aromatic heterocycles. The fourth-order valence-electron chi connectivity index (χ4n) is 4.23. The zero-order valence-corrected chi connectivity index (χ0v) is 11.5. The Morgan fingerprint density at radius 1 is 1.22 bits per heavy atom. The van der Waals surface area contributed by atoms with Gasteiger partial charge in [0.2, 0.25) is 5.91 Å². The minimum atomic E-state index is 0.208. The molecule has 1 heterocycles. The van der Waals surface area contributed by atoms with E-state index in [2.05, 4.69) is 17.6 Å². The van der Waals surface area contributed by atoms with Crippen LogP contribution in [0.3, 0.4) is 0 Å². The van der Waals surface area contributed by atoms with Crippen LogP contribution >= 0.6 is 0 Å². The first-order chi connectivity index (χ1) is 8.72. The van der Waals surface area contributed by atoms with Gasteiger partial charge >= 0.3 is 0 Å². The molecule has 1 aliphatic heterocycles. The second-order valence-electron chi connectivity index (χ2n) is 6.76. The molecule has 5 atom stereocenters. The van der Waals surface area contributed by atoms with Gasteiger partial charge in [-0.05, 0) is 56.8 Å². The Labute approximate surface area is 110 Å². The Bertz CT molecular complexity index is 310. The number of amides is 1. The van der Waals surface area contributed by atoms with Gasteiger partial charge in [0.1, 0.15) is 0 Å². The molecule has 2 N–H and O–H groups in total. The van der Waals surface area contributed by atoms with Gasteiger partial charge in [0.15, 0.2) is 0 Å². The molecule has 18 heavy (non-hydrogen) atoms. The minimum absolute atomic E-state index is 0.208. The number of piperidine rings is 1. The van der Waals surface area contributed by atoms with Crippen molar-refractivity contribution in [2.45, 2.75) is 51.5 Å². The fraction of sp³-hybridized carbons (Fsp3) is 0.933. The molecule has 2 aliphatic carbocycles. The van der Waals surface area contributed by atoms with E-state index in [0.717, 1.165) is 43.7 Å². The highest BCUT2D eigenvalue weighted by molar-refractivity contribution is 5.79. The van der Waals surface area contributed by atoms with Crippen LogP contribution in [-0.4, -0.2) is 25.0 Å². The molecule has 1 saturated heterocycles. The molecular weight excluding hydrogens is 224 g/mol. The Hall–Kier alpha value is -0.570. The molecule has 2 bridgehead atoms. The molecule has 102 valence electrons. The van der Waals surface area contributed by atoms with Gasteiger partial charge < -0.3 is 10.6 Å². The highest BCUT2D eigenvalue weighted by atomic mass is 16.1. The maximum atomic E-state index is 12.1. The molecule has 2 saturated carbocycles. The number of rotatable bonds is 3. The lowest BCUT2D eigenvalue weighted by Gasteiger charge is -2.28. The number of hydrogen-bond donors (Lipinski definition) is 2. The van der Waals surface area contributed by atoms with E-state index in [9.17, 15) is 4.79 Å². The molecule has 0 radical (unpaired) electrons. The monoisotopic (exact) mass is 250 g/mol. The van der Waals surface area contributed by atoms with E-state index < -0.39 is 0 Å². The number of fused-ring (bicyclic) bond motifs is 2. The van der Waals surface area contributed by atoms with Crippen LogP contribution in [-0.2, 0) is 4.79 Å². The van der Waals surface area contributed by atoms with E-state index in [-0.39, 0.29) is 11.8 Å². The van der Waals surface area contributed by atoms with E-state index in [0.29, 0.717) is 6.04 Å². The van der Waals surface area contributed by atoms with Crippen LogP contribution in [0.5, 0.6) is 0 Å². The van der Waals surface area contributed by atoms with Crippen molar-refractivity contribution in [3.63, 3.8) is 0 Å². The topological polar surface area (TPSA) is 41.1 Å². The van der Waals surface area contributed by atoms with Crippen molar-refractivity contribution >= 4 is 5.91 Å². The third-order valence-corrected chi connectivity index (χ3v) is 5.45. The van der Waals surface area contributed by atoms with Crippen LogP contribution in [0.2, 0.25) is 0 Å². The Balaban J connectivity index is 1.41. The Morgan fingerprint density at radius 2 is 2.11 bits per heavy atom. The number of carbonyl (C=O) groups is 1. The van der Waals surface area contributed by atoms with Crippen LogP contribution in [0.4, 0.5) is 0 Å². The van der Waals surface area contributed by atoms with Gasteiger partial charge in [-0.3, -0.25) is 4.79 Å². The van der Waals surface area contributed by atoms with Gasteiger partial charge in [-0.15, -0.1) is 0 Å². The smallest absolute Gasteiger partial charge is 0.224 e. The first kappa shape index (κ1) is 12.5. The van der Waals surface area contributed by atoms with Crippen molar-refractivity contribution in [3.05, 3.63) is 0 Å². The lowest BCUT2D eigenvalue weighted by Crippen LogP contribution is -2.45. The molecule has 0 spiro atoms. The van der Waals surface area contributed by atoms with Crippen molar-refractivity contribution in [1.29, 1.82) is 0 Å². The number of carbonyl (C=O) groups excluding carboxylic acids is 1. The van der Waals surface area contributed by atoms with E-state index in [1.54, 1.807) is 0 Å². The van der Waals surface area contributed by atoms with E-state index in [1.165, 1.54) is 25.7 Å². The summed E-state index contributed by atoms with van der Waals surface area (Å²) in [6, 6.07) is 0.583. The lowest BCUT2D eigenvalue weighted by atomic mass is 9.88. The summed E-state index contributed by atoms with van der Waals surface area (Å²) in [5.41, 5.74) is 0. The summed E-state index contributed by atoms with van der Waals surface area (Å²) in [6.07, 6.45) is 7.84. The molecule has 3 fully saturated rings. The molecule has 3 aliphatic rings. The molecule has 3 heteroatoms. The van der Waals surface area contributed by atoms with Crippen LogP contribution < -0.4 is 10.6 Å². The van der Waals surface area contributed by atoms with Crippen LogP contribution in [0, 0.1) is 23.7 Å². The van der Waals surface area contributed by atoms with Gasteiger partial charge in [0.05, 0.1) is 5.92 Å². The fourth-order valence-corrected chi connectivity index (χ4v) is 4.23. The largest absolute Gasteiger partial charge is 0.356 e. The first-order valence-electron chi connectivity index (χ1n) is 7.73. The summed E-state index contributed by atoms with van der Waals surface area (Å²) in [4.78, 5) is 12.1. The molecule has 3 rings (SSSR count). The van der Waals surface area contributed by atoms with Gasteiger partial charge in [0, 0.05) is 19.1 Å². The van der Waals surface area contributed by atoms with E-state index >= 15 is 0 Å². The van der Waals surface area contributed by atoms with E-state index in [4.69, 9.17) is 0 Å². The zero-order chi connectivity index (χ0) is 12.5. The maximum absolute atomic E-state index is 12.1. The average molecular weight is 250 g/mol. The summed E-state index contributed by atoms with van der Waals surface area (Å²) in [5.74, 6) is 3.18. The van der Waals surface area contributed by atoms with Gasteiger partial charge in [-0.2, -0.15) is 0 Å². The lowest BCUT2D eigenvalue weighted by molar-refractivity contribution is -0.125. The SMILES string of the molecule is CC1CCC(C(=O)NCC2CC3CCC2C3)CN1. The van der Waals surface area contributed by atoms with Crippen molar-refractivity contribution in [1.82, 2.24) is 10.6 Å². The summed E-state index contributed by atoms with van der Waals surface area (Å²) in [5, 5.41) is 6.62. The first-order valence-corrected chi connectivity index (χ1v) is 7.73. The number of nitrogens with one attached hydrogen (secondary N) is 2. The van der Waals surface area contributed by atoms with Crippen molar-refractivity contribution in [3.8, 4) is 0 Å². The summed E-state index contributed by atoms with van der Waals surface area (Å²) >= 11 is 0. The summed E-state index contributed by atoms with van der Waals surface area (Å²) in [7, 11) is 0. The van der Waals surface area contributed by atoms with E-state index in [1.807, 2.05) is 0 Å². The molecule has 3 nitrogen and oxygen atoms in total. The van der Waals surface area contributed by atoms with Gasteiger partial charge in [-0.1, -0.05) is 6.42 Å². The summed E-state index contributed by atoms with van der Waals surface area (Å²) in [6.45, 7) is 4.00. The van der Waals surface area contributed by atoms with Crippen LogP contribution in [0.25, 0.3) is 0 Å². The number of hydrogen-bond acceptors (Lipinski definition) is 2. The normalized spacial score (nSPS) is 43.1. The third-order valence-electron chi connectivity index (χ3n) is 5.45. The van der Waals surface area contributed by atoms with Gasteiger partial charge in [0.25, 0.3) is 0 Å². The second kappa shape index (κ2) is 5.20. The average Bonchev–Trinajstić information content (AvgIpc) is 2.99. The predicted octanol–water partition coefficient (Wildman–Crippen LogP) is 1.93. The summed E-state index contributed by atoms with van der Waals surface area (Å²) < 4.78 is 0. The highest BCUT2D eigenvalue weighted by Gasteiger charge is 2.39. The standard InChI is InChI=1S/C15H26N2O/c1-10-2-4-13(8-16-10)15(18)17-9-14-7-11-3-5-12(14)6-11/h10-14,16H,2-9H2,1H3,(H,17,18). The molecule has 0 aromatic rings. The van der Waals surface area contributed by atoms with Crippen LogP contribution in [0.1, 0.15) is 45.4 Å². The second-order valence-corrected chi connectivity index (χ2v) is 6.76. The van der Waals surface area contributed by atoms with Gasteiger partial charge in [-0.25, -0.2) is 0 Å². The zero-order valence-electron chi connectivity index (χ0n) is 11.5. The van der Waals surface area contributed by atoms with Crippen molar-refractivity contribution in [2.75, 3.05) is 13.1 Å². The Morgan fingerprint density at radius 3 is 2.72 bits per heavy atom. The van der Waals surface area contributed by atoms with Crippen molar-refractivity contribution < 1.29 is 4.79 Å². The Kier molecular flexibility index (Phi) is 3.60. The third kappa shape index (κ3) is 2.56. The maximum Gasteiger partial charge on any atom is 0.224 e. The minimum Gasteiger partial charge on any atom is -0.356 e. The molecule has 5 unspecified atom stereocenters. The molecule has 0 aromatic carbocycles. The quantitative estimate of drug-likeness (QED) is 0.803. The molecular formula is C15H26N2O. The molecule has 1 amide bonds. The van der Waals surface area contributed by atoms with Crippen LogP contribution in [0.15, 0.2) is 0 Å². The predicted molar refractivity (Wildman–Crippen MR) is 72.1 cm³/mol. The highest BCUT2D eigenvalue weighted by Crippen LogP contribution is 2.47.